The summed E-state index contributed by atoms with van der Waals surface area (Å²) in [6.07, 6.45) is -29.7. The molecule has 104 heavy (non-hydrogen) atoms. The lowest BCUT2D eigenvalue weighted by molar-refractivity contribution is -0.137. The third-order valence-corrected chi connectivity index (χ3v) is 21.7. The highest BCUT2D eigenvalue weighted by Gasteiger charge is 2.37. The first kappa shape index (κ1) is 84.6. The second kappa shape index (κ2) is 33.7. The van der Waals surface area contributed by atoms with Crippen molar-refractivity contribution in [3.63, 3.8) is 0 Å². The maximum Gasteiger partial charge on any atom is 0.419 e. The van der Waals surface area contributed by atoms with E-state index in [4.69, 9.17) is 33.0 Å². The molecule has 12 aromatic rings. The van der Waals surface area contributed by atoms with Crippen molar-refractivity contribution in [3.8, 4) is 0 Å². The van der Waals surface area contributed by atoms with E-state index in [9.17, 15) is 121 Å². The number of nitrogens with zero attached hydrogens (tertiary/aromatic N) is 2. The number of carboxylic acids is 1. The second-order valence-corrected chi connectivity index (χ2v) is 30.6. The third kappa shape index (κ3) is 24.2. The van der Waals surface area contributed by atoms with E-state index in [0.717, 1.165) is 90.8 Å². The minimum Gasteiger partial charge on any atom is -0.477 e. The molecule has 0 bridgehead atoms. The molecule has 0 aliphatic carbocycles. The van der Waals surface area contributed by atoms with Crippen LogP contribution in [0.15, 0.2) is 98.8 Å². The molecular weight excluding hydrogens is 1840 g/mol. The Morgan fingerprint density at radius 3 is 1.17 bits per heavy atom. The molecule has 0 radical (unpaired) electrons. The van der Waals surface area contributed by atoms with Crippen LogP contribution < -0.4 is 21.7 Å². The van der Waals surface area contributed by atoms with Gasteiger partial charge in [0, 0.05) is 83.3 Å². The number of halogens is 25. The summed E-state index contributed by atoms with van der Waals surface area (Å²) >= 11 is 20.7. The van der Waals surface area contributed by atoms with E-state index in [0.29, 0.717) is 61.6 Å². The van der Waals surface area contributed by atoms with Crippen LogP contribution in [0.5, 0.6) is 0 Å². The Morgan fingerprint density at radius 2 is 0.788 bits per heavy atom. The summed E-state index contributed by atoms with van der Waals surface area (Å²) in [6.45, 7) is 1.70. The van der Waals surface area contributed by atoms with Crippen LogP contribution in [-0.4, -0.2) is 90.6 Å². The Labute approximate surface area is 625 Å². The van der Waals surface area contributed by atoms with Gasteiger partial charge in [-0.2, -0.15) is 92.2 Å². The van der Waals surface area contributed by atoms with Gasteiger partial charge in [-0.05, 0) is 88.5 Å². The summed E-state index contributed by atoms with van der Waals surface area (Å²) in [5.74, 6) is -2.21. The van der Waals surface area contributed by atoms with E-state index in [-0.39, 0.29) is 78.1 Å². The van der Waals surface area contributed by atoms with Crippen LogP contribution in [-0.2, 0) is 49.4 Å². The number of hydrogen-bond donors (Lipinski definition) is 5. The lowest BCUT2D eigenvalue weighted by atomic mass is 10.2. The fourth-order valence-electron chi connectivity index (χ4n) is 8.61. The first-order valence-corrected chi connectivity index (χ1v) is 35.5. The summed E-state index contributed by atoms with van der Waals surface area (Å²) in [7, 11) is 0. The number of hydrogen-bond acceptors (Lipinski definition) is 15. The van der Waals surface area contributed by atoms with Crippen LogP contribution in [0.25, 0.3) is 61.3 Å². The number of aromatic nitrogens is 6. The molecule has 0 saturated heterocycles. The number of thiophene rings is 6. The zero-order chi connectivity index (χ0) is 77.7. The average molecular weight is 1870 g/mol. The van der Waals surface area contributed by atoms with Gasteiger partial charge in [0.05, 0.1) is 89.4 Å². The molecule has 0 aliphatic rings. The molecule has 0 saturated carbocycles. The number of esters is 1. The average Bonchev–Trinajstić information content (AvgIpc) is 1.55. The summed E-state index contributed by atoms with van der Waals surface area (Å²) < 4.78 is 263. The summed E-state index contributed by atoms with van der Waals surface area (Å²) in [4.78, 5) is 89.6. The van der Waals surface area contributed by atoms with E-state index in [1.165, 1.54) is 36.7 Å². The van der Waals surface area contributed by atoms with E-state index < -0.39 is 121 Å². The van der Waals surface area contributed by atoms with Crippen LogP contribution in [0.3, 0.4) is 0 Å². The highest BCUT2D eigenvalue weighted by Crippen LogP contribution is 2.42. The number of alkyl halides is 21. The predicted molar refractivity (Wildman–Crippen MR) is 371 cm³/mol. The maximum atomic E-state index is 12.6. The van der Waals surface area contributed by atoms with Crippen molar-refractivity contribution in [2.45, 2.75) is 88.7 Å². The van der Waals surface area contributed by atoms with Crippen LogP contribution in [0.2, 0.25) is 10.0 Å². The molecule has 12 rings (SSSR count). The van der Waals surface area contributed by atoms with E-state index in [2.05, 4.69) is 29.9 Å². The van der Waals surface area contributed by atoms with Gasteiger partial charge in [0.15, 0.2) is 5.43 Å². The van der Waals surface area contributed by atoms with Crippen molar-refractivity contribution in [3.05, 3.63) is 184 Å². The molecule has 5 N–H and O–H groups in total. The SMILES string of the molecule is CCOC(=O)c1c[nH]c2sc(CC(F)(F)F)cc2c1=O.FC(F)(F)Cc1cc2c(Cl)c(C(F)(F)F)cnc2s1.FC(F)(F)Cc1cc2c(Cl)c(I)cnc2s1.O=C(O)c1c[nH]c2sc(CC(F)(F)F)cc2c1=O.O=c1c(I)c[nH]c2sc(CC(F)(F)F)cc12.O=c1cc[nH]c2sc(CC(F)(F)F)cc12. The first-order valence-electron chi connectivity index (χ1n) is 27.7. The zero-order valence-corrected chi connectivity index (χ0v) is 61.3. The van der Waals surface area contributed by atoms with Crippen LogP contribution >= 0.6 is 136 Å². The minimum atomic E-state index is -4.69. The number of carbonyl (C=O) groups is 2. The highest BCUT2D eigenvalue weighted by molar-refractivity contribution is 14.1. The number of aromatic carboxylic acids is 1. The quantitative estimate of drug-likeness (QED) is 0.0523. The Kier molecular flexibility index (Phi) is 27.4. The molecule has 0 fully saturated rings. The van der Waals surface area contributed by atoms with Gasteiger partial charge in [-0.15, -0.1) is 68.0 Å². The normalized spacial score (nSPS) is 12.3. The standard InChI is InChI=1S/C12H10F3NO3S.C10H4ClF6NS.C10H6F3NO3S.C9H4ClF3INS.C9H5F3INOS.C9H6F3NOS/c1-2-19-11(18)8-5-16-10-7(9(8)17)3-6(20-10)4-12(13,14)15;11-7-5-1-4(2-9(12,13)14)19-8(5)18-3-6(7)10(15,16)17;11-10(12,13)2-4-1-5-7(15)6(9(16)17)3-14-8(5)18-4;10-7-5-1-4(2-9(11,12)13)16-8(5)15-3-6(7)14;10-9(11,12)2-4-1-5-7(15)6(13)3-14-8(5)16-4;10-9(11,12)4-5-3-6-7(14)1-2-13-8(6)15-5/h3,5H,2,4H2,1H3,(H,16,17);1,3H,2H2;1,3H,2H2,(H,14,15)(H,16,17);1,3H,2H2;1,3H,2H2,(H,14,15);1-3H,4H2,(H,13,14). The number of aromatic amines is 4. The van der Waals surface area contributed by atoms with E-state index in [1.54, 1.807) is 13.1 Å². The van der Waals surface area contributed by atoms with Gasteiger partial charge in [0.25, 0.3) is 0 Å². The Hall–Kier alpha value is -6.63. The zero-order valence-electron chi connectivity index (χ0n) is 50.6. The van der Waals surface area contributed by atoms with Crippen LogP contribution in [0, 0.1) is 7.14 Å². The van der Waals surface area contributed by atoms with Crippen LogP contribution in [0.1, 0.15) is 62.5 Å². The van der Waals surface area contributed by atoms with Gasteiger partial charge in [-0.1, -0.05) is 23.2 Å². The molecule has 12 aromatic heterocycles. The molecule has 0 spiro atoms. The minimum absolute atomic E-state index is 0.0156. The molecule has 0 unspecified atom stereocenters. The number of rotatable bonds is 9. The lowest BCUT2D eigenvalue weighted by Crippen LogP contribution is -2.17. The maximum absolute atomic E-state index is 12.6. The number of H-pyrrole nitrogens is 4. The van der Waals surface area contributed by atoms with Crippen LogP contribution in [0.4, 0.5) is 92.2 Å². The van der Waals surface area contributed by atoms with Gasteiger partial charge in [-0.3, -0.25) is 19.2 Å². The predicted octanol–water partition coefficient (Wildman–Crippen LogP) is 21.0. The number of nitrogens with one attached hydrogen (secondary N) is 4. The summed E-state index contributed by atoms with van der Waals surface area (Å²) in [5.41, 5.74) is -3.73. The topological polar surface area (TPSA) is 221 Å². The van der Waals surface area contributed by atoms with Gasteiger partial charge < -0.3 is 29.8 Å². The monoisotopic (exact) mass is 1870 g/mol. The molecule has 0 aromatic carbocycles. The van der Waals surface area contributed by atoms with Gasteiger partial charge in [0.1, 0.15) is 40.1 Å². The van der Waals surface area contributed by atoms with Gasteiger partial charge >= 0.3 is 55.2 Å². The van der Waals surface area contributed by atoms with Crippen molar-refractivity contribution in [1.82, 2.24) is 29.9 Å². The summed E-state index contributed by atoms with van der Waals surface area (Å²) in [6, 6.07) is 8.62. The second-order valence-electron chi connectivity index (χ2n) is 20.7. The highest BCUT2D eigenvalue weighted by atomic mass is 127. The number of pyridine rings is 6. The molecule has 45 heteroatoms. The Morgan fingerprint density at radius 1 is 0.452 bits per heavy atom. The molecule has 12 heterocycles. The lowest BCUT2D eigenvalue weighted by Gasteiger charge is -2.08. The van der Waals surface area contributed by atoms with Crippen molar-refractivity contribution in [2.75, 3.05) is 6.61 Å². The van der Waals surface area contributed by atoms with E-state index >= 15 is 0 Å². The first-order chi connectivity index (χ1) is 47.9. The molecule has 0 atom stereocenters. The Bertz CT molecular complexity index is 5350. The number of carboxylic acid groups (broad SMARTS) is 1. The summed E-state index contributed by atoms with van der Waals surface area (Å²) in [5, 5.41) is 9.74. The van der Waals surface area contributed by atoms with Crippen molar-refractivity contribution >= 4 is 210 Å². The van der Waals surface area contributed by atoms with Crippen molar-refractivity contribution in [1.29, 1.82) is 0 Å². The third-order valence-electron chi connectivity index (χ3n) is 12.6. The van der Waals surface area contributed by atoms with Crippen molar-refractivity contribution in [2.24, 2.45) is 0 Å². The van der Waals surface area contributed by atoms with E-state index in [1.807, 2.05) is 45.2 Å². The fourth-order valence-corrected chi connectivity index (χ4v) is 16.4. The molecule has 560 valence electrons. The Balaban J connectivity index is 0.000000175. The number of fused-ring (bicyclic) bond motifs is 6. The largest absolute Gasteiger partial charge is 0.477 e. The molecule has 0 amide bonds. The molecule has 0 aliphatic heterocycles. The van der Waals surface area contributed by atoms with Crippen molar-refractivity contribution < 1.29 is 112 Å². The van der Waals surface area contributed by atoms with Gasteiger partial charge in [-0.25, -0.2) is 19.6 Å². The number of carbonyl (C=O) groups excluding carboxylic acids is 1. The van der Waals surface area contributed by atoms with Gasteiger partial charge in [0.2, 0.25) is 16.3 Å². The number of ether oxygens (including phenoxy) is 1. The molecular formula is C59H35Cl2F21I2N6O8S6. The fraction of sp³-hybridized carbons (Fsp3) is 0.254. The molecule has 14 nitrogen and oxygen atoms in total. The smallest absolute Gasteiger partial charge is 0.419 e.